The van der Waals surface area contributed by atoms with Gasteiger partial charge in [0.05, 0.1) is 11.3 Å². The standard InChI is InChI=1S/C19H24N4O/c20-11-17-8-7-16(13-21-17)19(24)23-18-9-6-15(12-22-18)10-14-4-2-1-3-5-14/h6-9,12-14H,1-5,10-11,20H2,(H,22,23,24). The Hall–Kier alpha value is -2.27. The van der Waals surface area contributed by atoms with E-state index < -0.39 is 0 Å². The maximum absolute atomic E-state index is 12.2. The molecule has 0 atom stereocenters. The van der Waals surface area contributed by atoms with Crippen LogP contribution in [-0.4, -0.2) is 15.9 Å². The topological polar surface area (TPSA) is 80.9 Å². The van der Waals surface area contributed by atoms with Crippen molar-refractivity contribution in [3.63, 3.8) is 0 Å². The van der Waals surface area contributed by atoms with Gasteiger partial charge < -0.3 is 11.1 Å². The van der Waals surface area contributed by atoms with Crippen molar-refractivity contribution in [3.05, 3.63) is 53.5 Å². The largest absolute Gasteiger partial charge is 0.325 e. The van der Waals surface area contributed by atoms with Crippen LogP contribution in [0.25, 0.3) is 0 Å². The minimum Gasteiger partial charge on any atom is -0.325 e. The molecule has 1 amide bonds. The molecule has 0 bridgehead atoms. The molecule has 1 aliphatic carbocycles. The molecule has 3 N–H and O–H groups in total. The normalized spacial score (nSPS) is 15.2. The van der Waals surface area contributed by atoms with Crippen LogP contribution < -0.4 is 11.1 Å². The van der Waals surface area contributed by atoms with Gasteiger partial charge in [0.25, 0.3) is 5.91 Å². The molecule has 0 radical (unpaired) electrons. The molecule has 0 saturated heterocycles. The number of nitrogens with two attached hydrogens (primary N) is 1. The quantitative estimate of drug-likeness (QED) is 0.884. The average Bonchev–Trinajstić information content (AvgIpc) is 2.64. The molecule has 0 aliphatic heterocycles. The Labute approximate surface area is 142 Å². The van der Waals surface area contributed by atoms with Crippen LogP contribution >= 0.6 is 0 Å². The van der Waals surface area contributed by atoms with Crippen molar-refractivity contribution in [2.24, 2.45) is 11.7 Å². The van der Waals surface area contributed by atoms with Gasteiger partial charge in [0.2, 0.25) is 0 Å². The van der Waals surface area contributed by atoms with Gasteiger partial charge in [-0.3, -0.25) is 9.78 Å². The second kappa shape index (κ2) is 8.02. The third-order valence-corrected chi connectivity index (χ3v) is 4.61. The molecule has 24 heavy (non-hydrogen) atoms. The highest BCUT2D eigenvalue weighted by atomic mass is 16.1. The highest BCUT2D eigenvalue weighted by molar-refractivity contribution is 6.03. The number of hydrogen-bond acceptors (Lipinski definition) is 4. The van der Waals surface area contributed by atoms with Crippen LogP contribution in [0, 0.1) is 5.92 Å². The Bertz CT molecular complexity index is 661. The van der Waals surface area contributed by atoms with Gasteiger partial charge in [-0.1, -0.05) is 38.2 Å². The lowest BCUT2D eigenvalue weighted by molar-refractivity contribution is 0.102. The summed E-state index contributed by atoms with van der Waals surface area (Å²) >= 11 is 0. The number of carbonyl (C=O) groups excluding carboxylic acids is 1. The summed E-state index contributed by atoms with van der Waals surface area (Å²) in [6, 6.07) is 7.42. The third-order valence-electron chi connectivity index (χ3n) is 4.61. The first kappa shape index (κ1) is 16.6. The summed E-state index contributed by atoms with van der Waals surface area (Å²) < 4.78 is 0. The lowest BCUT2D eigenvalue weighted by atomic mass is 9.85. The zero-order chi connectivity index (χ0) is 16.8. The van der Waals surface area contributed by atoms with E-state index in [4.69, 9.17) is 5.73 Å². The minimum absolute atomic E-state index is 0.210. The monoisotopic (exact) mass is 324 g/mol. The van der Waals surface area contributed by atoms with Crippen molar-refractivity contribution in [2.75, 3.05) is 5.32 Å². The highest BCUT2D eigenvalue weighted by Crippen LogP contribution is 2.26. The number of rotatable bonds is 5. The Morgan fingerprint density at radius 2 is 1.92 bits per heavy atom. The molecule has 2 aromatic rings. The summed E-state index contributed by atoms with van der Waals surface area (Å²) in [5.41, 5.74) is 8.01. The summed E-state index contributed by atoms with van der Waals surface area (Å²) in [5, 5.41) is 2.81. The molecule has 0 unspecified atom stereocenters. The van der Waals surface area contributed by atoms with Gasteiger partial charge in [-0.2, -0.15) is 0 Å². The van der Waals surface area contributed by atoms with E-state index in [-0.39, 0.29) is 5.91 Å². The predicted octanol–water partition coefficient (Wildman–Crippen LogP) is 3.31. The van der Waals surface area contributed by atoms with Crippen molar-refractivity contribution in [1.82, 2.24) is 9.97 Å². The fourth-order valence-corrected chi connectivity index (χ4v) is 3.21. The summed E-state index contributed by atoms with van der Waals surface area (Å²) in [6.45, 7) is 0.367. The number of nitrogens with one attached hydrogen (secondary N) is 1. The van der Waals surface area contributed by atoms with Crippen LogP contribution in [0.3, 0.4) is 0 Å². The maximum atomic E-state index is 12.2. The molecule has 1 aliphatic rings. The van der Waals surface area contributed by atoms with Gasteiger partial charge >= 0.3 is 0 Å². The van der Waals surface area contributed by atoms with Crippen LogP contribution in [0.15, 0.2) is 36.7 Å². The van der Waals surface area contributed by atoms with Gasteiger partial charge in [-0.15, -0.1) is 0 Å². The number of anilines is 1. The second-order valence-corrected chi connectivity index (χ2v) is 6.46. The molecule has 0 spiro atoms. The van der Waals surface area contributed by atoms with Gasteiger partial charge in [-0.05, 0) is 36.1 Å². The molecule has 1 fully saturated rings. The zero-order valence-electron chi connectivity index (χ0n) is 13.9. The van der Waals surface area contributed by atoms with Crippen molar-refractivity contribution in [3.8, 4) is 0 Å². The molecule has 0 aromatic carbocycles. The molecule has 2 aromatic heterocycles. The molecule has 126 valence electrons. The number of nitrogens with zero attached hydrogens (tertiary/aromatic N) is 2. The highest BCUT2D eigenvalue weighted by Gasteiger charge is 2.14. The van der Waals surface area contributed by atoms with Crippen molar-refractivity contribution in [2.45, 2.75) is 45.1 Å². The lowest BCUT2D eigenvalue weighted by Gasteiger charge is -2.21. The first-order valence-corrected chi connectivity index (χ1v) is 8.66. The summed E-state index contributed by atoms with van der Waals surface area (Å²) in [7, 11) is 0. The minimum atomic E-state index is -0.210. The molecule has 5 heteroatoms. The maximum Gasteiger partial charge on any atom is 0.258 e. The third kappa shape index (κ3) is 4.38. The van der Waals surface area contributed by atoms with E-state index in [0.29, 0.717) is 17.9 Å². The van der Waals surface area contributed by atoms with E-state index in [1.165, 1.54) is 43.9 Å². The molecule has 5 nitrogen and oxygen atoms in total. The fourth-order valence-electron chi connectivity index (χ4n) is 3.21. The molecule has 3 rings (SSSR count). The van der Waals surface area contributed by atoms with Gasteiger partial charge in [0, 0.05) is 18.9 Å². The Balaban J connectivity index is 1.57. The summed E-state index contributed by atoms with van der Waals surface area (Å²) in [5.74, 6) is 1.14. The second-order valence-electron chi connectivity index (χ2n) is 6.46. The number of carbonyl (C=O) groups is 1. The van der Waals surface area contributed by atoms with Crippen LogP contribution in [0.5, 0.6) is 0 Å². The molecule has 1 saturated carbocycles. The Morgan fingerprint density at radius 3 is 2.54 bits per heavy atom. The van der Waals surface area contributed by atoms with Crippen molar-refractivity contribution < 1.29 is 4.79 Å². The first-order valence-electron chi connectivity index (χ1n) is 8.66. The average molecular weight is 324 g/mol. The van der Waals surface area contributed by atoms with E-state index in [0.717, 1.165) is 18.0 Å². The Kier molecular flexibility index (Phi) is 5.54. The van der Waals surface area contributed by atoms with E-state index in [9.17, 15) is 4.79 Å². The van der Waals surface area contributed by atoms with E-state index in [1.54, 1.807) is 12.1 Å². The first-order chi connectivity index (χ1) is 11.7. The van der Waals surface area contributed by atoms with E-state index >= 15 is 0 Å². The van der Waals surface area contributed by atoms with E-state index in [1.807, 2.05) is 12.3 Å². The van der Waals surface area contributed by atoms with Gasteiger partial charge in [0.15, 0.2) is 0 Å². The molecule has 2 heterocycles. The summed E-state index contributed by atoms with van der Waals surface area (Å²) in [4.78, 5) is 20.7. The number of aromatic nitrogens is 2. The Morgan fingerprint density at radius 1 is 1.08 bits per heavy atom. The number of pyridine rings is 2. The SMILES string of the molecule is NCc1ccc(C(=O)Nc2ccc(CC3CCCCC3)cn2)cn1. The number of amides is 1. The zero-order valence-corrected chi connectivity index (χ0v) is 13.9. The van der Waals surface area contributed by atoms with Gasteiger partial charge in [-0.25, -0.2) is 4.98 Å². The molecular formula is C19H24N4O. The summed E-state index contributed by atoms with van der Waals surface area (Å²) in [6.07, 6.45) is 11.2. The molecular weight excluding hydrogens is 300 g/mol. The van der Waals surface area contributed by atoms with Crippen LogP contribution in [0.1, 0.15) is 53.7 Å². The van der Waals surface area contributed by atoms with E-state index in [2.05, 4.69) is 21.4 Å². The van der Waals surface area contributed by atoms with Crippen molar-refractivity contribution in [1.29, 1.82) is 0 Å². The fraction of sp³-hybridized carbons (Fsp3) is 0.421. The lowest BCUT2D eigenvalue weighted by Crippen LogP contribution is -2.14. The van der Waals surface area contributed by atoms with Gasteiger partial charge in [0.1, 0.15) is 5.82 Å². The smallest absolute Gasteiger partial charge is 0.258 e. The van der Waals surface area contributed by atoms with Crippen molar-refractivity contribution >= 4 is 11.7 Å². The van der Waals surface area contributed by atoms with Crippen LogP contribution in [0.2, 0.25) is 0 Å². The predicted molar refractivity (Wildman–Crippen MR) is 94.6 cm³/mol. The number of hydrogen-bond donors (Lipinski definition) is 2. The van der Waals surface area contributed by atoms with Crippen LogP contribution in [0.4, 0.5) is 5.82 Å². The van der Waals surface area contributed by atoms with Crippen LogP contribution in [-0.2, 0) is 13.0 Å².